The highest BCUT2D eigenvalue weighted by atomic mass is 79.9. The molecular weight excluding hydrogens is 324 g/mol. The zero-order chi connectivity index (χ0) is 13.7. The summed E-state index contributed by atoms with van der Waals surface area (Å²) in [6.07, 6.45) is 2.78. The van der Waals surface area contributed by atoms with Crippen molar-refractivity contribution >= 4 is 27.7 Å². The monoisotopic (exact) mass is 340 g/mol. The van der Waals surface area contributed by atoms with Gasteiger partial charge in [0.1, 0.15) is 0 Å². The van der Waals surface area contributed by atoms with Crippen LogP contribution in [0.2, 0.25) is 0 Å². The Labute approximate surface area is 125 Å². The van der Waals surface area contributed by atoms with Crippen molar-refractivity contribution in [1.82, 2.24) is 15.2 Å². The molecule has 2 rings (SSSR count). The van der Waals surface area contributed by atoms with Crippen molar-refractivity contribution in [1.29, 1.82) is 0 Å². The molecule has 0 saturated carbocycles. The molecule has 102 valence electrons. The molecule has 1 heterocycles. The Hall–Kier alpha value is -0.820. The molecule has 1 aromatic carbocycles. The number of hydrogen-bond donors (Lipinski definition) is 2. The average Bonchev–Trinajstić information content (AvgIpc) is 2.82. The Bertz CT molecular complexity index is 512. The van der Waals surface area contributed by atoms with Gasteiger partial charge in [-0.05, 0) is 30.3 Å². The van der Waals surface area contributed by atoms with Crippen LogP contribution < -0.4 is 11.3 Å². The van der Waals surface area contributed by atoms with Gasteiger partial charge >= 0.3 is 0 Å². The minimum atomic E-state index is 0.212. The van der Waals surface area contributed by atoms with Crippen LogP contribution >= 0.6 is 27.7 Å². The van der Waals surface area contributed by atoms with Crippen LogP contribution in [0.1, 0.15) is 5.69 Å². The lowest BCUT2D eigenvalue weighted by molar-refractivity contribution is 0.564. The molecule has 3 N–H and O–H groups in total. The van der Waals surface area contributed by atoms with E-state index in [0.717, 1.165) is 22.3 Å². The second-order valence-electron chi connectivity index (χ2n) is 4.31. The van der Waals surface area contributed by atoms with E-state index < -0.39 is 0 Å². The van der Waals surface area contributed by atoms with E-state index in [9.17, 15) is 0 Å². The van der Waals surface area contributed by atoms with Crippen molar-refractivity contribution in [3.8, 4) is 0 Å². The summed E-state index contributed by atoms with van der Waals surface area (Å²) in [5, 5.41) is 4.37. The number of thioether (sulfide) groups is 1. The van der Waals surface area contributed by atoms with Gasteiger partial charge in [0, 0.05) is 40.8 Å². The molecule has 0 aliphatic rings. The van der Waals surface area contributed by atoms with Gasteiger partial charge in [0.15, 0.2) is 0 Å². The third kappa shape index (κ3) is 4.65. The number of halogens is 1. The third-order valence-electron chi connectivity index (χ3n) is 2.72. The standard InChI is InChI=1S/C13H17BrN4S/c1-18-7-6-11(17-18)8-12(16-15)9-19-13-4-2-10(14)3-5-13/h2-7,12,16H,8-9,15H2,1H3. The van der Waals surface area contributed by atoms with E-state index in [4.69, 9.17) is 5.84 Å². The van der Waals surface area contributed by atoms with Crippen LogP contribution in [-0.4, -0.2) is 21.6 Å². The molecule has 0 fully saturated rings. The van der Waals surface area contributed by atoms with Gasteiger partial charge in [0.2, 0.25) is 0 Å². The van der Waals surface area contributed by atoms with Gasteiger partial charge in [0.05, 0.1) is 5.69 Å². The molecule has 4 nitrogen and oxygen atoms in total. The van der Waals surface area contributed by atoms with Gasteiger partial charge in [-0.2, -0.15) is 5.10 Å². The summed E-state index contributed by atoms with van der Waals surface area (Å²) in [7, 11) is 1.92. The van der Waals surface area contributed by atoms with Crippen molar-refractivity contribution in [3.05, 3.63) is 46.7 Å². The van der Waals surface area contributed by atoms with Crippen molar-refractivity contribution in [3.63, 3.8) is 0 Å². The number of aromatic nitrogens is 2. The number of hydrazine groups is 1. The van der Waals surface area contributed by atoms with Gasteiger partial charge in [-0.15, -0.1) is 11.8 Å². The van der Waals surface area contributed by atoms with Gasteiger partial charge in [-0.3, -0.25) is 16.0 Å². The van der Waals surface area contributed by atoms with Crippen molar-refractivity contribution in [2.75, 3.05) is 5.75 Å². The number of nitrogens with one attached hydrogen (secondary N) is 1. The molecule has 0 aliphatic heterocycles. The highest BCUT2D eigenvalue weighted by molar-refractivity contribution is 9.10. The first kappa shape index (κ1) is 14.6. The van der Waals surface area contributed by atoms with E-state index >= 15 is 0 Å². The van der Waals surface area contributed by atoms with E-state index in [1.807, 2.05) is 36.1 Å². The molecule has 2 aromatic rings. The van der Waals surface area contributed by atoms with Crippen LogP contribution in [-0.2, 0) is 13.5 Å². The predicted octanol–water partition coefficient (Wildman–Crippen LogP) is 2.35. The first-order chi connectivity index (χ1) is 9.17. The van der Waals surface area contributed by atoms with E-state index in [1.54, 1.807) is 11.8 Å². The minimum absolute atomic E-state index is 0.212. The molecule has 6 heteroatoms. The molecule has 0 spiro atoms. The molecular formula is C13H17BrN4S. The summed E-state index contributed by atoms with van der Waals surface area (Å²) in [6.45, 7) is 0. The van der Waals surface area contributed by atoms with Crippen molar-refractivity contribution < 1.29 is 0 Å². The second kappa shape index (κ2) is 7.09. The number of nitrogens with two attached hydrogens (primary N) is 1. The van der Waals surface area contributed by atoms with Crippen LogP contribution in [0.25, 0.3) is 0 Å². The van der Waals surface area contributed by atoms with Crippen molar-refractivity contribution in [2.45, 2.75) is 17.4 Å². The molecule has 1 aromatic heterocycles. The summed E-state index contributed by atoms with van der Waals surface area (Å²) in [5.41, 5.74) is 3.92. The zero-order valence-corrected chi connectivity index (χ0v) is 13.1. The van der Waals surface area contributed by atoms with Gasteiger partial charge in [-0.25, -0.2) is 0 Å². The van der Waals surface area contributed by atoms with Gasteiger partial charge in [-0.1, -0.05) is 15.9 Å². The first-order valence-electron chi connectivity index (χ1n) is 6.00. The largest absolute Gasteiger partial charge is 0.276 e. The fraction of sp³-hybridized carbons (Fsp3) is 0.308. The Morgan fingerprint density at radius 3 is 2.68 bits per heavy atom. The Morgan fingerprint density at radius 2 is 2.11 bits per heavy atom. The number of benzene rings is 1. The molecule has 0 saturated heterocycles. The van der Waals surface area contributed by atoms with Gasteiger partial charge in [0.25, 0.3) is 0 Å². The van der Waals surface area contributed by atoms with Gasteiger partial charge < -0.3 is 0 Å². The molecule has 1 atom stereocenters. The molecule has 0 aliphatic carbocycles. The highest BCUT2D eigenvalue weighted by Gasteiger charge is 2.10. The van der Waals surface area contributed by atoms with Crippen LogP contribution in [0.15, 0.2) is 45.9 Å². The number of hydrogen-bond acceptors (Lipinski definition) is 4. The predicted molar refractivity (Wildman–Crippen MR) is 82.9 cm³/mol. The summed E-state index contributed by atoms with van der Waals surface area (Å²) >= 11 is 5.22. The first-order valence-corrected chi connectivity index (χ1v) is 7.78. The molecule has 0 radical (unpaired) electrons. The SMILES string of the molecule is Cn1ccc(CC(CSc2ccc(Br)cc2)NN)n1. The summed E-state index contributed by atoms with van der Waals surface area (Å²) < 4.78 is 2.91. The lowest BCUT2D eigenvalue weighted by atomic mass is 10.2. The summed E-state index contributed by atoms with van der Waals surface area (Å²) in [6, 6.07) is 10.5. The van der Waals surface area contributed by atoms with Crippen LogP contribution in [0, 0.1) is 0 Å². The summed E-state index contributed by atoms with van der Waals surface area (Å²) in [5.74, 6) is 6.52. The third-order valence-corrected chi connectivity index (χ3v) is 4.43. The topological polar surface area (TPSA) is 55.9 Å². The molecule has 19 heavy (non-hydrogen) atoms. The Balaban J connectivity index is 1.87. The normalized spacial score (nSPS) is 12.6. The lowest BCUT2D eigenvalue weighted by Gasteiger charge is -2.14. The smallest absolute Gasteiger partial charge is 0.0640 e. The number of aryl methyl sites for hydroxylation is 1. The minimum Gasteiger partial charge on any atom is -0.276 e. The number of nitrogens with zero attached hydrogens (tertiary/aromatic N) is 2. The maximum atomic E-state index is 5.61. The molecule has 1 unspecified atom stereocenters. The highest BCUT2D eigenvalue weighted by Crippen LogP contribution is 2.21. The molecule has 0 amide bonds. The van der Waals surface area contributed by atoms with E-state index in [2.05, 4.69) is 38.6 Å². The second-order valence-corrected chi connectivity index (χ2v) is 6.32. The summed E-state index contributed by atoms with van der Waals surface area (Å²) in [4.78, 5) is 1.24. The fourth-order valence-corrected chi connectivity index (χ4v) is 2.92. The Morgan fingerprint density at radius 1 is 1.37 bits per heavy atom. The quantitative estimate of drug-likeness (QED) is 0.481. The van der Waals surface area contributed by atoms with E-state index in [1.165, 1.54) is 4.90 Å². The Kier molecular flexibility index (Phi) is 5.45. The maximum absolute atomic E-state index is 5.61. The average molecular weight is 341 g/mol. The molecule has 0 bridgehead atoms. The zero-order valence-electron chi connectivity index (χ0n) is 10.7. The van der Waals surface area contributed by atoms with E-state index in [0.29, 0.717) is 0 Å². The van der Waals surface area contributed by atoms with Crippen LogP contribution in [0.4, 0.5) is 0 Å². The van der Waals surface area contributed by atoms with Crippen LogP contribution in [0.5, 0.6) is 0 Å². The lowest BCUT2D eigenvalue weighted by Crippen LogP contribution is -2.38. The number of rotatable bonds is 6. The maximum Gasteiger partial charge on any atom is 0.0640 e. The van der Waals surface area contributed by atoms with Crippen molar-refractivity contribution in [2.24, 2.45) is 12.9 Å². The fourth-order valence-electron chi connectivity index (χ4n) is 1.72. The van der Waals surface area contributed by atoms with E-state index in [-0.39, 0.29) is 6.04 Å². The van der Waals surface area contributed by atoms with Crippen LogP contribution in [0.3, 0.4) is 0 Å².